The minimum atomic E-state index is -0.390. The normalized spacial score (nSPS) is 11.1. The predicted molar refractivity (Wildman–Crippen MR) is 64.9 cm³/mol. The first-order chi connectivity index (χ1) is 8.19. The lowest BCUT2D eigenvalue weighted by Gasteiger charge is -1.99. The topological polar surface area (TPSA) is 56.2 Å². The maximum absolute atomic E-state index is 11.4. The van der Waals surface area contributed by atoms with E-state index in [-0.39, 0.29) is 5.63 Å². The van der Waals surface area contributed by atoms with Crippen LogP contribution in [0.5, 0.6) is 0 Å². The first kappa shape index (κ1) is 9.84. The monoisotopic (exact) mass is 227 g/mol. The van der Waals surface area contributed by atoms with Crippen LogP contribution in [-0.4, -0.2) is 4.98 Å². The van der Waals surface area contributed by atoms with Crippen LogP contribution in [0.2, 0.25) is 0 Å². The largest absolute Gasteiger partial charge is 0.433 e. The standard InChI is InChI=1S/C13H9NO3/c1-3-10-14-9-5-4-8-7(2)6-11(15)17-12(8)13(9)16-10/h3-6H,1H2,2H3. The van der Waals surface area contributed by atoms with Crippen LogP contribution < -0.4 is 5.63 Å². The lowest BCUT2D eigenvalue weighted by atomic mass is 10.1. The molecule has 3 rings (SSSR count). The van der Waals surface area contributed by atoms with Crippen molar-refractivity contribution in [1.29, 1.82) is 0 Å². The van der Waals surface area contributed by atoms with Gasteiger partial charge in [0.1, 0.15) is 5.52 Å². The number of hydrogen-bond donors (Lipinski definition) is 0. The van der Waals surface area contributed by atoms with Gasteiger partial charge in [-0.3, -0.25) is 0 Å². The van der Waals surface area contributed by atoms with Gasteiger partial charge in [0.05, 0.1) is 0 Å². The van der Waals surface area contributed by atoms with E-state index >= 15 is 0 Å². The second-order valence-corrected chi connectivity index (χ2v) is 3.80. The van der Waals surface area contributed by atoms with Gasteiger partial charge in [0.2, 0.25) is 5.89 Å². The Hall–Kier alpha value is -2.36. The summed E-state index contributed by atoms with van der Waals surface area (Å²) in [7, 11) is 0. The minimum absolute atomic E-state index is 0.390. The molecule has 84 valence electrons. The Morgan fingerprint density at radius 2 is 2.12 bits per heavy atom. The summed E-state index contributed by atoms with van der Waals surface area (Å²) in [5.41, 5.74) is 2.04. The first-order valence-corrected chi connectivity index (χ1v) is 5.15. The fourth-order valence-electron chi connectivity index (χ4n) is 1.87. The summed E-state index contributed by atoms with van der Waals surface area (Å²) in [6.07, 6.45) is 1.51. The molecule has 2 aromatic heterocycles. The average molecular weight is 227 g/mol. The molecule has 4 nitrogen and oxygen atoms in total. The van der Waals surface area contributed by atoms with Gasteiger partial charge in [-0.25, -0.2) is 9.78 Å². The van der Waals surface area contributed by atoms with Gasteiger partial charge in [-0.2, -0.15) is 0 Å². The summed E-state index contributed by atoms with van der Waals surface area (Å²) >= 11 is 0. The third-order valence-electron chi connectivity index (χ3n) is 2.67. The van der Waals surface area contributed by atoms with Gasteiger partial charge in [-0.05, 0) is 30.7 Å². The molecule has 0 atom stereocenters. The van der Waals surface area contributed by atoms with Crippen LogP contribution in [-0.2, 0) is 0 Å². The van der Waals surface area contributed by atoms with E-state index in [4.69, 9.17) is 8.83 Å². The van der Waals surface area contributed by atoms with Crippen molar-refractivity contribution in [2.24, 2.45) is 0 Å². The van der Waals surface area contributed by atoms with Crippen molar-refractivity contribution in [2.75, 3.05) is 0 Å². The van der Waals surface area contributed by atoms with E-state index in [9.17, 15) is 4.79 Å². The predicted octanol–water partition coefficient (Wildman–Crippen LogP) is 2.89. The number of rotatable bonds is 1. The number of hydrogen-bond acceptors (Lipinski definition) is 4. The van der Waals surface area contributed by atoms with Crippen molar-refractivity contribution in [3.05, 3.63) is 46.7 Å². The lowest BCUT2D eigenvalue weighted by Crippen LogP contribution is -1.97. The highest BCUT2D eigenvalue weighted by Crippen LogP contribution is 2.27. The van der Waals surface area contributed by atoms with Gasteiger partial charge < -0.3 is 8.83 Å². The first-order valence-electron chi connectivity index (χ1n) is 5.15. The molecule has 0 radical (unpaired) electrons. The molecule has 2 heterocycles. The van der Waals surface area contributed by atoms with Crippen LogP contribution >= 0.6 is 0 Å². The summed E-state index contributed by atoms with van der Waals surface area (Å²) in [6, 6.07) is 5.16. The fourth-order valence-corrected chi connectivity index (χ4v) is 1.87. The average Bonchev–Trinajstić information content (AvgIpc) is 2.72. The molecular formula is C13H9NO3. The molecule has 4 heteroatoms. The summed E-state index contributed by atoms with van der Waals surface area (Å²) in [5.74, 6) is 0.414. The Morgan fingerprint density at radius 3 is 2.88 bits per heavy atom. The SMILES string of the molecule is C=Cc1nc2ccc3c(C)cc(=O)oc3c2o1. The van der Waals surface area contributed by atoms with E-state index in [1.165, 1.54) is 12.1 Å². The number of aromatic nitrogens is 1. The fraction of sp³-hybridized carbons (Fsp3) is 0.0769. The second kappa shape index (κ2) is 3.31. The quantitative estimate of drug-likeness (QED) is 0.600. The molecule has 0 unspecified atom stereocenters. The van der Waals surface area contributed by atoms with Gasteiger partial charge in [0.15, 0.2) is 11.2 Å². The molecule has 0 spiro atoms. The molecule has 0 saturated heterocycles. The van der Waals surface area contributed by atoms with Crippen LogP contribution in [0.3, 0.4) is 0 Å². The van der Waals surface area contributed by atoms with Crippen molar-refractivity contribution in [1.82, 2.24) is 4.98 Å². The van der Waals surface area contributed by atoms with Crippen molar-refractivity contribution in [3.63, 3.8) is 0 Å². The zero-order chi connectivity index (χ0) is 12.0. The molecule has 0 amide bonds. The van der Waals surface area contributed by atoms with Gasteiger partial charge in [0, 0.05) is 11.5 Å². The molecule has 0 saturated carbocycles. The van der Waals surface area contributed by atoms with Crippen molar-refractivity contribution >= 4 is 28.1 Å². The molecule has 0 fully saturated rings. The van der Waals surface area contributed by atoms with Crippen LogP contribution in [0, 0.1) is 6.92 Å². The number of fused-ring (bicyclic) bond motifs is 3. The van der Waals surface area contributed by atoms with Gasteiger partial charge in [-0.1, -0.05) is 6.58 Å². The van der Waals surface area contributed by atoms with Gasteiger partial charge >= 0.3 is 5.63 Å². The molecule has 0 bridgehead atoms. The summed E-state index contributed by atoms with van der Waals surface area (Å²) in [6.45, 7) is 5.45. The van der Waals surface area contributed by atoms with E-state index in [0.717, 1.165) is 10.9 Å². The summed E-state index contributed by atoms with van der Waals surface area (Å²) in [5, 5.41) is 0.851. The van der Waals surface area contributed by atoms with Crippen molar-refractivity contribution in [3.8, 4) is 0 Å². The van der Waals surface area contributed by atoms with Crippen molar-refractivity contribution in [2.45, 2.75) is 6.92 Å². The van der Waals surface area contributed by atoms with Gasteiger partial charge in [-0.15, -0.1) is 0 Å². The summed E-state index contributed by atoms with van der Waals surface area (Å²) in [4.78, 5) is 15.6. The van der Waals surface area contributed by atoms with Crippen LogP contribution in [0.1, 0.15) is 11.5 Å². The van der Waals surface area contributed by atoms with E-state index in [1.807, 2.05) is 19.1 Å². The molecule has 1 aromatic carbocycles. The number of nitrogens with zero attached hydrogens (tertiary/aromatic N) is 1. The van der Waals surface area contributed by atoms with Crippen LogP contribution in [0.4, 0.5) is 0 Å². The Morgan fingerprint density at radius 1 is 1.29 bits per heavy atom. The highest BCUT2D eigenvalue weighted by molar-refractivity contribution is 6.00. The summed E-state index contributed by atoms with van der Waals surface area (Å²) < 4.78 is 10.7. The molecule has 0 aliphatic heterocycles. The van der Waals surface area contributed by atoms with Gasteiger partial charge in [0.25, 0.3) is 0 Å². The van der Waals surface area contributed by atoms with E-state index in [2.05, 4.69) is 11.6 Å². The van der Waals surface area contributed by atoms with Crippen LogP contribution in [0.15, 0.2) is 38.4 Å². The Kier molecular flexibility index (Phi) is 1.92. The minimum Gasteiger partial charge on any atom is -0.433 e. The molecule has 17 heavy (non-hydrogen) atoms. The second-order valence-electron chi connectivity index (χ2n) is 3.80. The third kappa shape index (κ3) is 1.38. The smallest absolute Gasteiger partial charge is 0.336 e. The lowest BCUT2D eigenvalue weighted by molar-refractivity contribution is 0.540. The van der Waals surface area contributed by atoms with Crippen LogP contribution in [0.25, 0.3) is 28.1 Å². The number of benzene rings is 1. The molecule has 0 aliphatic carbocycles. The third-order valence-corrected chi connectivity index (χ3v) is 2.67. The van der Waals surface area contributed by atoms with E-state index in [1.54, 1.807) is 0 Å². The molecular weight excluding hydrogens is 218 g/mol. The Labute approximate surface area is 96.2 Å². The van der Waals surface area contributed by atoms with E-state index < -0.39 is 0 Å². The molecule has 0 aliphatic rings. The maximum Gasteiger partial charge on any atom is 0.336 e. The highest BCUT2D eigenvalue weighted by atomic mass is 16.4. The van der Waals surface area contributed by atoms with Crippen molar-refractivity contribution < 1.29 is 8.83 Å². The highest BCUT2D eigenvalue weighted by Gasteiger charge is 2.11. The molecule has 0 N–H and O–H groups in total. The Bertz CT molecular complexity index is 795. The van der Waals surface area contributed by atoms with E-state index in [0.29, 0.717) is 22.6 Å². The zero-order valence-electron chi connectivity index (χ0n) is 9.19. The Balaban J connectivity index is 2.58. The number of aryl methyl sites for hydroxylation is 1. The molecule has 3 aromatic rings. The number of oxazole rings is 1. The zero-order valence-corrected chi connectivity index (χ0v) is 9.19. The maximum atomic E-state index is 11.4.